The van der Waals surface area contributed by atoms with E-state index in [9.17, 15) is 0 Å². The van der Waals surface area contributed by atoms with Crippen molar-refractivity contribution < 1.29 is 4.42 Å². The van der Waals surface area contributed by atoms with Gasteiger partial charge in [-0.1, -0.05) is 18.2 Å². The lowest BCUT2D eigenvalue weighted by Gasteiger charge is -2.18. The molecule has 0 saturated carbocycles. The van der Waals surface area contributed by atoms with Gasteiger partial charge in [0.25, 0.3) is 0 Å². The number of para-hydroxylation sites is 1. The average molecular weight is 269 g/mol. The number of rotatable bonds is 5. The molecule has 104 valence electrons. The third kappa shape index (κ3) is 2.75. The van der Waals surface area contributed by atoms with Crippen LogP contribution >= 0.6 is 0 Å². The second-order valence-electron chi connectivity index (χ2n) is 5.20. The zero-order valence-corrected chi connectivity index (χ0v) is 11.8. The van der Waals surface area contributed by atoms with Crippen molar-refractivity contribution in [2.45, 2.75) is 32.5 Å². The number of furan rings is 1. The van der Waals surface area contributed by atoms with E-state index in [1.165, 1.54) is 0 Å². The highest BCUT2D eigenvalue weighted by atomic mass is 16.3. The Morgan fingerprint density at radius 2 is 2.10 bits per heavy atom. The van der Waals surface area contributed by atoms with Crippen LogP contribution in [0.15, 0.2) is 53.2 Å². The third-order valence-corrected chi connectivity index (χ3v) is 3.43. The van der Waals surface area contributed by atoms with E-state index in [4.69, 9.17) is 4.42 Å². The predicted molar refractivity (Wildman–Crippen MR) is 79.5 cm³/mol. The van der Waals surface area contributed by atoms with Gasteiger partial charge in [-0.25, -0.2) is 0 Å². The van der Waals surface area contributed by atoms with Crippen molar-refractivity contribution in [3.8, 4) is 0 Å². The zero-order valence-electron chi connectivity index (χ0n) is 11.8. The number of nitrogens with one attached hydrogen (secondary N) is 1. The van der Waals surface area contributed by atoms with E-state index >= 15 is 0 Å². The lowest BCUT2D eigenvalue weighted by atomic mass is 10.2. The first kappa shape index (κ1) is 12.9. The zero-order chi connectivity index (χ0) is 13.9. The molecule has 1 N–H and O–H groups in total. The van der Waals surface area contributed by atoms with Gasteiger partial charge in [-0.15, -0.1) is 0 Å². The highest BCUT2D eigenvalue weighted by Crippen LogP contribution is 2.23. The summed E-state index contributed by atoms with van der Waals surface area (Å²) in [5.74, 6) is 0.971. The summed E-state index contributed by atoms with van der Waals surface area (Å²) in [4.78, 5) is 0. The summed E-state index contributed by atoms with van der Waals surface area (Å²) in [6, 6.07) is 12.6. The van der Waals surface area contributed by atoms with Crippen LogP contribution in [0.5, 0.6) is 0 Å². The number of aromatic nitrogens is 2. The molecule has 4 heteroatoms. The minimum Gasteiger partial charge on any atom is -0.459 e. The summed E-state index contributed by atoms with van der Waals surface area (Å²) < 4.78 is 7.81. The van der Waals surface area contributed by atoms with Crippen molar-refractivity contribution in [2.24, 2.45) is 0 Å². The quantitative estimate of drug-likeness (QED) is 0.772. The van der Waals surface area contributed by atoms with Gasteiger partial charge in [-0.05, 0) is 32.0 Å². The van der Waals surface area contributed by atoms with E-state index in [-0.39, 0.29) is 6.04 Å². The lowest BCUT2D eigenvalue weighted by Crippen LogP contribution is -2.32. The maximum atomic E-state index is 5.88. The normalized spacial score (nSPS) is 14.5. The molecule has 0 saturated heterocycles. The van der Waals surface area contributed by atoms with Crippen molar-refractivity contribution in [3.05, 3.63) is 54.6 Å². The van der Waals surface area contributed by atoms with Crippen LogP contribution in [0, 0.1) is 0 Å². The molecule has 0 aliphatic carbocycles. The molecule has 0 radical (unpaired) electrons. The number of fused-ring (bicyclic) bond motifs is 1. The van der Waals surface area contributed by atoms with Gasteiger partial charge in [0, 0.05) is 23.8 Å². The molecule has 3 rings (SSSR count). The molecule has 0 aliphatic heterocycles. The van der Waals surface area contributed by atoms with E-state index in [2.05, 4.69) is 36.4 Å². The fourth-order valence-corrected chi connectivity index (χ4v) is 2.47. The Bertz CT molecular complexity index is 639. The SMILES string of the molecule is CC(Cn1cccn1)NC(C)c1cc2ccccc2o1. The fraction of sp³-hybridized carbons (Fsp3) is 0.312. The van der Waals surface area contributed by atoms with Crippen LogP contribution in [0.4, 0.5) is 0 Å². The van der Waals surface area contributed by atoms with Crippen LogP contribution in [0.25, 0.3) is 11.0 Å². The molecule has 2 heterocycles. The van der Waals surface area contributed by atoms with Crippen molar-refractivity contribution in [2.75, 3.05) is 0 Å². The van der Waals surface area contributed by atoms with E-state index < -0.39 is 0 Å². The van der Waals surface area contributed by atoms with Gasteiger partial charge < -0.3 is 9.73 Å². The second kappa shape index (κ2) is 5.51. The molecule has 2 unspecified atom stereocenters. The van der Waals surface area contributed by atoms with Gasteiger partial charge in [0.15, 0.2) is 0 Å². The Kier molecular flexibility index (Phi) is 3.56. The molecule has 20 heavy (non-hydrogen) atoms. The molecule has 0 spiro atoms. The van der Waals surface area contributed by atoms with Crippen molar-refractivity contribution in [3.63, 3.8) is 0 Å². The van der Waals surface area contributed by atoms with E-state index in [1.807, 2.05) is 35.1 Å². The van der Waals surface area contributed by atoms with Crippen LogP contribution < -0.4 is 5.32 Å². The Labute approximate surface area is 118 Å². The summed E-state index contributed by atoms with van der Waals surface area (Å²) in [6.45, 7) is 5.12. The first-order valence-corrected chi connectivity index (χ1v) is 6.94. The van der Waals surface area contributed by atoms with Gasteiger partial charge in [0.2, 0.25) is 0 Å². The van der Waals surface area contributed by atoms with Crippen LogP contribution in [-0.4, -0.2) is 15.8 Å². The largest absolute Gasteiger partial charge is 0.459 e. The fourth-order valence-electron chi connectivity index (χ4n) is 2.47. The molecule has 0 bridgehead atoms. The molecule has 2 aromatic heterocycles. The first-order valence-electron chi connectivity index (χ1n) is 6.94. The van der Waals surface area contributed by atoms with E-state index in [0.29, 0.717) is 6.04 Å². The van der Waals surface area contributed by atoms with Gasteiger partial charge in [-0.2, -0.15) is 5.10 Å². The number of benzene rings is 1. The highest BCUT2D eigenvalue weighted by Gasteiger charge is 2.14. The summed E-state index contributed by atoms with van der Waals surface area (Å²) in [6.07, 6.45) is 3.78. The number of hydrogen-bond acceptors (Lipinski definition) is 3. The second-order valence-corrected chi connectivity index (χ2v) is 5.20. The molecule has 3 aromatic rings. The molecule has 2 atom stereocenters. The topological polar surface area (TPSA) is 43.0 Å². The summed E-state index contributed by atoms with van der Waals surface area (Å²) in [5, 5.41) is 8.91. The average Bonchev–Trinajstić information content (AvgIpc) is 3.06. The molecular formula is C16H19N3O. The lowest BCUT2D eigenvalue weighted by molar-refractivity contribution is 0.376. The Morgan fingerprint density at radius 1 is 1.25 bits per heavy atom. The molecule has 0 fully saturated rings. The molecular weight excluding hydrogens is 250 g/mol. The van der Waals surface area contributed by atoms with Crippen LogP contribution in [0.1, 0.15) is 25.6 Å². The van der Waals surface area contributed by atoms with Gasteiger partial charge in [0.05, 0.1) is 12.6 Å². The predicted octanol–water partition coefficient (Wildman–Crippen LogP) is 3.37. The minimum absolute atomic E-state index is 0.174. The van der Waals surface area contributed by atoms with Crippen LogP contribution in [-0.2, 0) is 6.54 Å². The monoisotopic (exact) mass is 269 g/mol. The Morgan fingerprint density at radius 3 is 2.85 bits per heavy atom. The maximum absolute atomic E-state index is 5.88. The van der Waals surface area contributed by atoms with Crippen molar-refractivity contribution in [1.82, 2.24) is 15.1 Å². The molecule has 0 aliphatic rings. The molecule has 0 amide bonds. The summed E-state index contributed by atoms with van der Waals surface area (Å²) >= 11 is 0. The molecule has 4 nitrogen and oxygen atoms in total. The smallest absolute Gasteiger partial charge is 0.134 e. The number of nitrogens with zero attached hydrogens (tertiary/aromatic N) is 2. The van der Waals surface area contributed by atoms with E-state index in [0.717, 1.165) is 23.3 Å². The van der Waals surface area contributed by atoms with Crippen molar-refractivity contribution in [1.29, 1.82) is 0 Å². The van der Waals surface area contributed by atoms with Crippen LogP contribution in [0.2, 0.25) is 0 Å². The number of hydrogen-bond donors (Lipinski definition) is 1. The van der Waals surface area contributed by atoms with Crippen molar-refractivity contribution >= 4 is 11.0 Å². The summed E-state index contributed by atoms with van der Waals surface area (Å²) in [7, 11) is 0. The highest BCUT2D eigenvalue weighted by molar-refractivity contribution is 5.77. The van der Waals surface area contributed by atoms with E-state index in [1.54, 1.807) is 6.20 Å². The van der Waals surface area contributed by atoms with Gasteiger partial charge in [0.1, 0.15) is 11.3 Å². The molecule has 1 aromatic carbocycles. The Balaban J connectivity index is 1.67. The Hall–Kier alpha value is -2.07. The third-order valence-electron chi connectivity index (χ3n) is 3.43. The van der Waals surface area contributed by atoms with Gasteiger partial charge >= 0.3 is 0 Å². The van der Waals surface area contributed by atoms with Crippen LogP contribution in [0.3, 0.4) is 0 Å². The minimum atomic E-state index is 0.174. The standard InChI is InChI=1S/C16H19N3O/c1-12(11-19-9-5-8-17-19)18-13(2)16-10-14-6-3-4-7-15(14)20-16/h3-10,12-13,18H,11H2,1-2H3. The van der Waals surface area contributed by atoms with Gasteiger partial charge in [-0.3, -0.25) is 4.68 Å². The first-order chi connectivity index (χ1) is 9.72. The maximum Gasteiger partial charge on any atom is 0.134 e. The summed E-state index contributed by atoms with van der Waals surface area (Å²) in [5.41, 5.74) is 0.941.